The molecule has 30 heavy (non-hydrogen) atoms. The van der Waals surface area contributed by atoms with Gasteiger partial charge >= 0.3 is 0 Å². The Balaban J connectivity index is 1.60. The molecule has 1 aliphatic rings. The summed E-state index contributed by atoms with van der Waals surface area (Å²) in [6.07, 6.45) is 0. The van der Waals surface area contributed by atoms with Gasteiger partial charge in [-0.3, -0.25) is 9.69 Å². The minimum atomic E-state index is -0.320. The van der Waals surface area contributed by atoms with Crippen molar-refractivity contribution in [1.82, 2.24) is 4.90 Å². The van der Waals surface area contributed by atoms with Gasteiger partial charge < -0.3 is 24.4 Å². The minimum Gasteiger partial charge on any atom is -0.493 e. The van der Waals surface area contributed by atoms with Crippen LogP contribution in [0.4, 0.5) is 11.4 Å². The second-order valence-corrected chi connectivity index (χ2v) is 7.38. The van der Waals surface area contributed by atoms with E-state index < -0.39 is 0 Å². The summed E-state index contributed by atoms with van der Waals surface area (Å²) in [5.41, 5.74) is 2.90. The lowest BCUT2D eigenvalue weighted by atomic mass is 10.1. The number of ether oxygens (including phenoxy) is 3. The zero-order valence-corrected chi connectivity index (χ0v) is 18.2. The van der Waals surface area contributed by atoms with Crippen LogP contribution in [0.3, 0.4) is 0 Å². The van der Waals surface area contributed by atoms with E-state index in [1.54, 1.807) is 14.2 Å². The molecular formula is C23H31N3O4. The van der Waals surface area contributed by atoms with Gasteiger partial charge in [0.2, 0.25) is 5.91 Å². The number of benzene rings is 2. The average Bonchev–Trinajstić information content (AvgIpc) is 2.79. The molecule has 7 nitrogen and oxygen atoms in total. The van der Waals surface area contributed by atoms with Crippen LogP contribution in [0, 0.1) is 0 Å². The molecule has 0 aromatic heterocycles. The van der Waals surface area contributed by atoms with Crippen molar-refractivity contribution in [3.63, 3.8) is 0 Å². The van der Waals surface area contributed by atoms with Crippen molar-refractivity contribution >= 4 is 17.3 Å². The maximum atomic E-state index is 12.8. The van der Waals surface area contributed by atoms with E-state index in [0.29, 0.717) is 18.0 Å². The highest BCUT2D eigenvalue weighted by Gasteiger charge is 2.21. The Bertz CT molecular complexity index is 835. The van der Waals surface area contributed by atoms with Crippen LogP contribution in [0.2, 0.25) is 0 Å². The number of nitrogens with zero attached hydrogens (tertiary/aromatic N) is 2. The van der Waals surface area contributed by atoms with Gasteiger partial charge in [0, 0.05) is 36.6 Å². The third-order valence-corrected chi connectivity index (χ3v) is 5.46. The summed E-state index contributed by atoms with van der Waals surface area (Å²) in [6.45, 7) is 5.73. The number of hydrogen-bond donors (Lipinski definition) is 1. The van der Waals surface area contributed by atoms with Crippen molar-refractivity contribution in [2.75, 3.05) is 57.8 Å². The number of likely N-dealkylation sites (N-methyl/N-ethyl adjacent to an activating group) is 1. The average molecular weight is 414 g/mol. The van der Waals surface area contributed by atoms with Crippen molar-refractivity contribution in [1.29, 1.82) is 0 Å². The van der Waals surface area contributed by atoms with Crippen LogP contribution in [-0.4, -0.2) is 64.4 Å². The number of methoxy groups -OCH3 is 2. The van der Waals surface area contributed by atoms with Crippen LogP contribution in [0.25, 0.3) is 0 Å². The smallest absolute Gasteiger partial charge is 0.241 e. The van der Waals surface area contributed by atoms with Gasteiger partial charge in [-0.15, -0.1) is 0 Å². The molecule has 2 aromatic carbocycles. The van der Waals surface area contributed by atoms with Gasteiger partial charge in [0.15, 0.2) is 11.5 Å². The Morgan fingerprint density at radius 2 is 1.83 bits per heavy atom. The zero-order valence-electron chi connectivity index (χ0n) is 18.2. The topological polar surface area (TPSA) is 63.3 Å². The van der Waals surface area contributed by atoms with Crippen molar-refractivity contribution in [3.8, 4) is 11.5 Å². The Morgan fingerprint density at radius 3 is 2.47 bits per heavy atom. The summed E-state index contributed by atoms with van der Waals surface area (Å²) in [4.78, 5) is 17.0. The predicted molar refractivity (Wildman–Crippen MR) is 119 cm³/mol. The van der Waals surface area contributed by atoms with Crippen molar-refractivity contribution < 1.29 is 19.0 Å². The molecule has 3 rings (SSSR count). The number of morpholine rings is 1. The van der Waals surface area contributed by atoms with Crippen LogP contribution >= 0.6 is 0 Å². The molecule has 0 aliphatic carbocycles. The summed E-state index contributed by atoms with van der Waals surface area (Å²) < 4.78 is 16.3. The number of nitrogens with one attached hydrogen (secondary N) is 1. The number of carbonyl (C=O) groups is 1. The Morgan fingerprint density at radius 1 is 1.13 bits per heavy atom. The standard InChI is InChI=1S/C23H31N3O4/c1-17(25(2)16-18-6-5-7-21(28-3)22(18)29-4)23(27)24-19-8-10-20(11-9-19)26-12-14-30-15-13-26/h5-11,17H,12-16H2,1-4H3,(H,24,27)/t17-/m1/s1. The molecule has 0 saturated carbocycles. The number of hydrogen-bond acceptors (Lipinski definition) is 6. The highest BCUT2D eigenvalue weighted by molar-refractivity contribution is 5.94. The molecular weight excluding hydrogens is 382 g/mol. The van der Waals surface area contributed by atoms with E-state index in [4.69, 9.17) is 14.2 Å². The highest BCUT2D eigenvalue weighted by Crippen LogP contribution is 2.31. The van der Waals surface area contributed by atoms with E-state index in [9.17, 15) is 4.79 Å². The molecule has 2 aromatic rings. The number of anilines is 2. The molecule has 162 valence electrons. The van der Waals surface area contributed by atoms with Gasteiger partial charge in [0.1, 0.15) is 0 Å². The molecule has 0 bridgehead atoms. The SMILES string of the molecule is COc1cccc(CN(C)[C@H](C)C(=O)Nc2ccc(N3CCOCC3)cc2)c1OC. The third-order valence-electron chi connectivity index (χ3n) is 5.46. The Hall–Kier alpha value is -2.77. The number of rotatable bonds is 8. The second-order valence-electron chi connectivity index (χ2n) is 7.38. The van der Waals surface area contributed by atoms with E-state index in [2.05, 4.69) is 10.2 Å². The van der Waals surface area contributed by atoms with Crippen LogP contribution in [0.15, 0.2) is 42.5 Å². The molecule has 1 amide bonds. The lowest BCUT2D eigenvalue weighted by Crippen LogP contribution is -2.39. The predicted octanol–water partition coefficient (Wildman–Crippen LogP) is 3.00. The summed E-state index contributed by atoms with van der Waals surface area (Å²) in [5.74, 6) is 1.32. The monoisotopic (exact) mass is 413 g/mol. The highest BCUT2D eigenvalue weighted by atomic mass is 16.5. The van der Waals surface area contributed by atoms with E-state index >= 15 is 0 Å². The maximum absolute atomic E-state index is 12.8. The van der Waals surface area contributed by atoms with Gasteiger partial charge in [-0.25, -0.2) is 0 Å². The summed E-state index contributed by atoms with van der Waals surface area (Å²) in [7, 11) is 5.16. The first-order chi connectivity index (χ1) is 14.5. The van der Waals surface area contributed by atoms with Crippen LogP contribution < -0.4 is 19.7 Å². The van der Waals surface area contributed by atoms with Crippen LogP contribution in [0.5, 0.6) is 11.5 Å². The van der Waals surface area contributed by atoms with E-state index in [1.165, 1.54) is 0 Å². The molecule has 1 heterocycles. The van der Waals surface area contributed by atoms with Gasteiger partial charge in [-0.05, 0) is 44.3 Å². The number of carbonyl (C=O) groups excluding carboxylic acids is 1. The Kier molecular flexibility index (Phi) is 7.54. The lowest BCUT2D eigenvalue weighted by molar-refractivity contribution is -0.120. The van der Waals surface area contributed by atoms with Crippen molar-refractivity contribution in [2.45, 2.75) is 19.5 Å². The normalized spacial score (nSPS) is 15.0. The molecule has 0 unspecified atom stereocenters. The van der Waals surface area contributed by atoms with Gasteiger partial charge in [0.25, 0.3) is 0 Å². The largest absolute Gasteiger partial charge is 0.493 e. The second kappa shape index (κ2) is 10.3. The molecule has 1 atom stereocenters. The van der Waals surface area contributed by atoms with Crippen molar-refractivity contribution in [3.05, 3.63) is 48.0 Å². The molecule has 1 saturated heterocycles. The third kappa shape index (κ3) is 5.23. The fraction of sp³-hybridized carbons (Fsp3) is 0.435. The first-order valence-corrected chi connectivity index (χ1v) is 10.2. The molecule has 1 aliphatic heterocycles. The zero-order chi connectivity index (χ0) is 21.5. The molecule has 0 spiro atoms. The fourth-order valence-electron chi connectivity index (χ4n) is 3.51. The quantitative estimate of drug-likeness (QED) is 0.718. The van der Waals surface area contributed by atoms with E-state index in [-0.39, 0.29) is 11.9 Å². The van der Waals surface area contributed by atoms with Gasteiger partial charge in [-0.2, -0.15) is 0 Å². The minimum absolute atomic E-state index is 0.0570. The summed E-state index contributed by atoms with van der Waals surface area (Å²) in [6, 6.07) is 13.4. The van der Waals surface area contributed by atoms with E-state index in [1.807, 2.05) is 61.3 Å². The lowest BCUT2D eigenvalue weighted by Gasteiger charge is -2.29. The van der Waals surface area contributed by atoms with Crippen molar-refractivity contribution in [2.24, 2.45) is 0 Å². The summed E-state index contributed by atoms with van der Waals surface area (Å²) in [5, 5.41) is 3.01. The van der Waals surface area contributed by atoms with Crippen LogP contribution in [0.1, 0.15) is 12.5 Å². The van der Waals surface area contributed by atoms with Crippen LogP contribution in [-0.2, 0) is 16.1 Å². The number of amides is 1. The number of para-hydroxylation sites is 1. The fourth-order valence-corrected chi connectivity index (χ4v) is 3.51. The van der Waals surface area contributed by atoms with Gasteiger partial charge in [0.05, 0.1) is 33.5 Å². The Labute approximate surface area is 178 Å². The first kappa shape index (κ1) is 21.9. The molecule has 7 heteroatoms. The van der Waals surface area contributed by atoms with Gasteiger partial charge in [-0.1, -0.05) is 12.1 Å². The van der Waals surface area contributed by atoms with E-state index in [0.717, 1.165) is 43.2 Å². The molecule has 0 radical (unpaired) electrons. The summed E-state index contributed by atoms with van der Waals surface area (Å²) >= 11 is 0. The first-order valence-electron chi connectivity index (χ1n) is 10.2. The molecule has 1 fully saturated rings. The maximum Gasteiger partial charge on any atom is 0.241 e. The molecule has 1 N–H and O–H groups in total.